The Morgan fingerprint density at radius 2 is 1.91 bits per heavy atom. The van der Waals surface area contributed by atoms with E-state index in [0.717, 1.165) is 6.42 Å². The molecule has 0 fully saturated rings. The third kappa shape index (κ3) is 3.50. The number of alkyl halides is 3. The second kappa shape index (κ2) is 6.52. The molecule has 0 bridgehead atoms. The van der Waals surface area contributed by atoms with E-state index in [9.17, 15) is 23.1 Å². The summed E-state index contributed by atoms with van der Waals surface area (Å²) >= 11 is 0. The lowest BCUT2D eigenvalue weighted by atomic mass is 9.91. The number of nitrogens with one attached hydrogen (secondary N) is 1. The summed E-state index contributed by atoms with van der Waals surface area (Å²) in [5.41, 5.74) is -3.37. The van der Waals surface area contributed by atoms with E-state index >= 15 is 0 Å². The summed E-state index contributed by atoms with van der Waals surface area (Å²) in [6, 6.07) is 6.79. The Morgan fingerprint density at radius 3 is 2.45 bits per heavy atom. The quantitative estimate of drug-likeness (QED) is 0.840. The van der Waals surface area contributed by atoms with Crippen LogP contribution in [-0.4, -0.2) is 23.7 Å². The van der Waals surface area contributed by atoms with Crippen LogP contribution in [0.15, 0.2) is 42.5 Å². The average molecular weight is 313 g/mol. The highest BCUT2D eigenvalue weighted by atomic mass is 19.4. The first-order valence-corrected chi connectivity index (χ1v) is 7.12. The molecule has 3 nitrogen and oxygen atoms in total. The minimum absolute atomic E-state index is 0.286. The van der Waals surface area contributed by atoms with E-state index in [1.165, 1.54) is 24.3 Å². The van der Waals surface area contributed by atoms with Crippen molar-refractivity contribution in [3.8, 4) is 0 Å². The van der Waals surface area contributed by atoms with Gasteiger partial charge in [-0.3, -0.25) is 4.79 Å². The molecule has 0 radical (unpaired) electrons. The van der Waals surface area contributed by atoms with Crippen LogP contribution < -0.4 is 5.32 Å². The fourth-order valence-electron chi connectivity index (χ4n) is 2.47. The highest BCUT2D eigenvalue weighted by molar-refractivity contribution is 5.79. The van der Waals surface area contributed by atoms with Gasteiger partial charge in [0.25, 0.3) is 0 Å². The molecule has 1 aliphatic carbocycles. The molecule has 22 heavy (non-hydrogen) atoms. The monoisotopic (exact) mass is 313 g/mol. The topological polar surface area (TPSA) is 49.3 Å². The zero-order valence-electron chi connectivity index (χ0n) is 11.9. The number of rotatable bonds is 4. The number of aliphatic hydroxyl groups is 1. The number of allylic oxidation sites excluding steroid dienone is 2. The first-order chi connectivity index (χ1) is 10.3. The molecule has 2 atom stereocenters. The number of amides is 1. The largest absolute Gasteiger partial charge is 0.423 e. The Bertz CT molecular complexity index is 542. The molecule has 2 N–H and O–H groups in total. The first kappa shape index (κ1) is 16.5. The van der Waals surface area contributed by atoms with E-state index in [4.69, 9.17) is 0 Å². The summed E-state index contributed by atoms with van der Waals surface area (Å²) in [5.74, 6) is -0.791. The predicted octanol–water partition coefficient (Wildman–Crippen LogP) is 2.91. The SMILES string of the molecule is O=C(NC[C@](O)(c1ccccc1)C(F)(F)F)[C@@H]1CC=CCC1. The maximum Gasteiger partial charge on any atom is 0.423 e. The summed E-state index contributed by atoms with van der Waals surface area (Å²) in [7, 11) is 0. The Morgan fingerprint density at radius 1 is 1.23 bits per heavy atom. The summed E-state index contributed by atoms with van der Waals surface area (Å²) in [6.07, 6.45) is 0.773. The van der Waals surface area contributed by atoms with E-state index in [1.54, 1.807) is 6.07 Å². The minimum Gasteiger partial charge on any atom is -0.375 e. The molecular formula is C16H18F3NO2. The number of hydrogen-bond donors (Lipinski definition) is 2. The molecule has 0 spiro atoms. The van der Waals surface area contributed by atoms with Gasteiger partial charge in [-0.25, -0.2) is 0 Å². The van der Waals surface area contributed by atoms with Crippen molar-refractivity contribution in [2.75, 3.05) is 6.54 Å². The summed E-state index contributed by atoms with van der Waals surface area (Å²) < 4.78 is 39.8. The number of hydrogen-bond acceptors (Lipinski definition) is 2. The van der Waals surface area contributed by atoms with Crippen LogP contribution in [-0.2, 0) is 10.4 Å². The van der Waals surface area contributed by atoms with E-state index in [0.29, 0.717) is 12.8 Å². The van der Waals surface area contributed by atoms with Crippen LogP contribution in [0.4, 0.5) is 13.2 Å². The Hall–Kier alpha value is -1.82. The lowest BCUT2D eigenvalue weighted by molar-refractivity contribution is -0.264. The van der Waals surface area contributed by atoms with E-state index in [1.807, 2.05) is 12.2 Å². The lowest BCUT2D eigenvalue weighted by Crippen LogP contribution is -2.51. The first-order valence-electron chi connectivity index (χ1n) is 7.12. The zero-order chi connectivity index (χ0) is 16.2. The van der Waals surface area contributed by atoms with Crippen molar-refractivity contribution in [1.82, 2.24) is 5.32 Å². The molecule has 2 rings (SSSR count). The fraction of sp³-hybridized carbons (Fsp3) is 0.438. The van der Waals surface area contributed by atoms with Gasteiger partial charge >= 0.3 is 6.18 Å². The van der Waals surface area contributed by atoms with Gasteiger partial charge in [-0.05, 0) is 24.8 Å². The molecule has 1 aromatic carbocycles. The van der Waals surface area contributed by atoms with Gasteiger partial charge in [-0.15, -0.1) is 0 Å². The Labute approximate surface area is 126 Å². The fourth-order valence-corrected chi connectivity index (χ4v) is 2.47. The van der Waals surface area contributed by atoms with Gasteiger partial charge in [0, 0.05) is 5.92 Å². The van der Waals surface area contributed by atoms with E-state index < -0.39 is 24.2 Å². The number of benzene rings is 1. The molecule has 120 valence electrons. The van der Waals surface area contributed by atoms with Crippen LogP contribution in [0.2, 0.25) is 0 Å². The van der Waals surface area contributed by atoms with Crippen molar-refractivity contribution in [1.29, 1.82) is 0 Å². The molecule has 0 aliphatic heterocycles. The van der Waals surface area contributed by atoms with Crippen LogP contribution >= 0.6 is 0 Å². The van der Waals surface area contributed by atoms with Crippen LogP contribution in [0.3, 0.4) is 0 Å². The molecule has 0 saturated carbocycles. The van der Waals surface area contributed by atoms with Gasteiger partial charge in [-0.1, -0.05) is 42.5 Å². The van der Waals surface area contributed by atoms with Crippen molar-refractivity contribution in [3.63, 3.8) is 0 Å². The van der Waals surface area contributed by atoms with Crippen LogP contribution in [0.5, 0.6) is 0 Å². The van der Waals surface area contributed by atoms with Gasteiger partial charge < -0.3 is 10.4 Å². The second-order valence-corrected chi connectivity index (χ2v) is 5.42. The van der Waals surface area contributed by atoms with Crippen molar-refractivity contribution in [2.24, 2.45) is 5.92 Å². The Balaban J connectivity index is 2.11. The van der Waals surface area contributed by atoms with Crippen LogP contribution in [0, 0.1) is 5.92 Å². The minimum atomic E-state index is -4.88. The van der Waals surface area contributed by atoms with Crippen molar-refractivity contribution >= 4 is 5.91 Å². The van der Waals surface area contributed by atoms with Gasteiger partial charge in [0.2, 0.25) is 11.5 Å². The number of halogens is 3. The predicted molar refractivity (Wildman–Crippen MR) is 75.9 cm³/mol. The normalized spacial score (nSPS) is 21.2. The van der Waals surface area contributed by atoms with Gasteiger partial charge in [0.15, 0.2) is 0 Å². The lowest BCUT2D eigenvalue weighted by Gasteiger charge is -2.31. The summed E-state index contributed by atoms with van der Waals surface area (Å²) in [6.45, 7) is -0.889. The maximum atomic E-state index is 13.3. The standard InChI is InChI=1S/C16H18F3NO2/c17-16(18,19)15(22,13-9-5-2-6-10-13)11-20-14(21)12-7-3-1-4-8-12/h1-3,5-6,9-10,12,22H,4,7-8,11H2,(H,20,21)/t12-,15+/m1/s1. The van der Waals surface area contributed by atoms with E-state index in [-0.39, 0.29) is 11.5 Å². The highest BCUT2D eigenvalue weighted by Gasteiger charge is 2.55. The van der Waals surface area contributed by atoms with Crippen LogP contribution in [0.1, 0.15) is 24.8 Å². The maximum absolute atomic E-state index is 13.3. The Kier molecular flexibility index (Phi) is 4.90. The molecule has 0 saturated heterocycles. The smallest absolute Gasteiger partial charge is 0.375 e. The number of carbonyl (C=O) groups excluding carboxylic acids is 1. The van der Waals surface area contributed by atoms with Gasteiger partial charge in [0.05, 0.1) is 6.54 Å². The molecule has 0 unspecified atom stereocenters. The molecule has 1 aliphatic rings. The molecule has 0 heterocycles. The zero-order valence-corrected chi connectivity index (χ0v) is 11.9. The van der Waals surface area contributed by atoms with Gasteiger partial charge in [-0.2, -0.15) is 13.2 Å². The van der Waals surface area contributed by atoms with Crippen LogP contribution in [0.25, 0.3) is 0 Å². The molecule has 6 heteroatoms. The van der Waals surface area contributed by atoms with E-state index in [2.05, 4.69) is 5.32 Å². The third-order valence-corrected chi connectivity index (χ3v) is 3.88. The van der Waals surface area contributed by atoms with Crippen molar-refractivity contribution < 1.29 is 23.1 Å². The average Bonchev–Trinajstić information content (AvgIpc) is 2.53. The molecule has 0 aromatic heterocycles. The summed E-state index contributed by atoms with van der Waals surface area (Å²) in [4.78, 5) is 12.0. The van der Waals surface area contributed by atoms with Crippen molar-refractivity contribution in [2.45, 2.75) is 31.0 Å². The van der Waals surface area contributed by atoms with Crippen molar-refractivity contribution in [3.05, 3.63) is 48.0 Å². The second-order valence-electron chi connectivity index (χ2n) is 5.42. The molecule has 1 amide bonds. The number of carbonyl (C=O) groups is 1. The molecular weight excluding hydrogens is 295 g/mol. The third-order valence-electron chi connectivity index (χ3n) is 3.88. The molecule has 1 aromatic rings. The highest BCUT2D eigenvalue weighted by Crippen LogP contribution is 2.38. The van der Waals surface area contributed by atoms with Gasteiger partial charge in [0.1, 0.15) is 0 Å². The summed E-state index contributed by atoms with van der Waals surface area (Å²) in [5, 5.41) is 12.4.